The summed E-state index contributed by atoms with van der Waals surface area (Å²) in [5, 5.41) is 10.2. The second-order valence-electron chi connectivity index (χ2n) is 7.62. The lowest BCUT2D eigenvalue weighted by molar-refractivity contribution is -0.121. The lowest BCUT2D eigenvalue weighted by Crippen LogP contribution is -2.48. The fourth-order valence-electron chi connectivity index (χ4n) is 3.66. The molecule has 2 aromatic carbocycles. The number of benzene rings is 2. The number of carbonyl (C=O) groups is 2. The normalized spacial score (nSPS) is 18.4. The van der Waals surface area contributed by atoms with Gasteiger partial charge in [0.15, 0.2) is 5.76 Å². The molecule has 158 valence electrons. The van der Waals surface area contributed by atoms with E-state index >= 15 is 0 Å². The van der Waals surface area contributed by atoms with Crippen LogP contribution in [-0.2, 0) is 11.2 Å². The highest BCUT2D eigenvalue weighted by Crippen LogP contribution is 2.20. The number of hydrogen-bond donors (Lipinski definition) is 3. The fourth-order valence-corrected chi connectivity index (χ4v) is 3.66. The molecule has 1 saturated heterocycles. The molecular weight excluding hydrogens is 402 g/mol. The van der Waals surface area contributed by atoms with Crippen LogP contribution in [0.2, 0.25) is 0 Å². The number of fused-ring (bicyclic) bond motifs is 1. The highest BCUT2D eigenvalue weighted by atomic mass is 35.5. The summed E-state index contributed by atoms with van der Waals surface area (Å²) in [4.78, 5) is 24.8. The van der Waals surface area contributed by atoms with E-state index in [1.165, 1.54) is 0 Å². The number of nitrogens with one attached hydrogen (secondary N) is 3. The number of carbonyl (C=O) groups excluding carboxylic acids is 2. The van der Waals surface area contributed by atoms with E-state index < -0.39 is 0 Å². The van der Waals surface area contributed by atoms with E-state index in [-0.39, 0.29) is 36.0 Å². The Hall–Kier alpha value is -2.83. The van der Waals surface area contributed by atoms with Gasteiger partial charge in [0.05, 0.1) is 6.42 Å². The van der Waals surface area contributed by atoms with Crippen LogP contribution in [0.3, 0.4) is 0 Å². The highest BCUT2D eigenvalue weighted by molar-refractivity contribution is 6.04. The van der Waals surface area contributed by atoms with Crippen molar-refractivity contribution in [2.24, 2.45) is 5.92 Å². The molecule has 2 amide bonds. The van der Waals surface area contributed by atoms with Crippen LogP contribution < -0.4 is 16.0 Å². The van der Waals surface area contributed by atoms with Gasteiger partial charge in [-0.2, -0.15) is 0 Å². The van der Waals surface area contributed by atoms with E-state index in [0.717, 1.165) is 30.5 Å². The number of rotatable bonds is 5. The van der Waals surface area contributed by atoms with Crippen LogP contribution >= 0.6 is 12.4 Å². The molecule has 0 aliphatic carbocycles. The Morgan fingerprint density at radius 1 is 1.13 bits per heavy atom. The Labute approximate surface area is 181 Å². The molecule has 1 aromatic heterocycles. The van der Waals surface area contributed by atoms with Gasteiger partial charge in [-0.15, -0.1) is 12.4 Å². The van der Waals surface area contributed by atoms with Crippen LogP contribution in [0.25, 0.3) is 11.0 Å². The minimum Gasteiger partial charge on any atom is -0.451 e. The van der Waals surface area contributed by atoms with E-state index in [4.69, 9.17) is 4.42 Å². The van der Waals surface area contributed by atoms with Crippen LogP contribution in [0.1, 0.15) is 29.5 Å². The van der Waals surface area contributed by atoms with Crippen molar-refractivity contribution in [2.75, 3.05) is 18.4 Å². The molecule has 7 heteroatoms. The van der Waals surface area contributed by atoms with Gasteiger partial charge in [0.25, 0.3) is 5.91 Å². The van der Waals surface area contributed by atoms with Gasteiger partial charge in [0.1, 0.15) is 5.58 Å². The fraction of sp³-hybridized carbons (Fsp3) is 0.304. The molecule has 0 saturated carbocycles. The van der Waals surface area contributed by atoms with Gasteiger partial charge < -0.3 is 20.4 Å². The average molecular weight is 428 g/mol. The number of amides is 2. The standard InChI is InChI=1S/C23H25N3O3.ClH/c1-15-14-24-11-10-19(15)26-22(27)12-16-6-8-18(9-7-16)25-23(28)21-13-17-4-2-3-5-20(17)29-21;/h2-9,13,15,19,24H,10-12,14H2,1H3,(H,25,28)(H,26,27);1H. The smallest absolute Gasteiger partial charge is 0.291 e. The number of piperidine rings is 1. The first kappa shape index (κ1) is 21.9. The molecular formula is C23H26ClN3O3. The highest BCUT2D eigenvalue weighted by Gasteiger charge is 2.22. The summed E-state index contributed by atoms with van der Waals surface area (Å²) >= 11 is 0. The minimum absolute atomic E-state index is 0. The summed E-state index contributed by atoms with van der Waals surface area (Å²) in [6, 6.07) is 16.8. The predicted molar refractivity (Wildman–Crippen MR) is 120 cm³/mol. The van der Waals surface area contributed by atoms with Crippen molar-refractivity contribution >= 4 is 40.9 Å². The second kappa shape index (κ2) is 9.78. The van der Waals surface area contributed by atoms with E-state index in [1.54, 1.807) is 18.2 Å². The Morgan fingerprint density at radius 2 is 1.90 bits per heavy atom. The first-order valence-electron chi connectivity index (χ1n) is 9.97. The predicted octanol–water partition coefficient (Wildman–Crippen LogP) is 3.76. The Balaban J connectivity index is 0.00000256. The lowest BCUT2D eigenvalue weighted by Gasteiger charge is -2.30. The van der Waals surface area contributed by atoms with Crippen molar-refractivity contribution < 1.29 is 14.0 Å². The number of hydrogen-bond acceptors (Lipinski definition) is 4. The van der Waals surface area contributed by atoms with E-state index in [0.29, 0.717) is 23.6 Å². The molecule has 1 fully saturated rings. The van der Waals surface area contributed by atoms with Crippen molar-refractivity contribution in [1.82, 2.24) is 10.6 Å². The molecule has 1 aliphatic heterocycles. The molecule has 0 spiro atoms. The molecule has 3 N–H and O–H groups in total. The first-order valence-corrected chi connectivity index (χ1v) is 9.97. The van der Waals surface area contributed by atoms with Gasteiger partial charge in [-0.25, -0.2) is 0 Å². The molecule has 4 rings (SSSR count). The van der Waals surface area contributed by atoms with Gasteiger partial charge in [-0.05, 0) is 55.3 Å². The third kappa shape index (κ3) is 5.20. The Bertz CT molecular complexity index is 983. The molecule has 0 radical (unpaired) electrons. The number of halogens is 1. The Morgan fingerprint density at radius 3 is 2.63 bits per heavy atom. The van der Waals surface area contributed by atoms with Gasteiger partial charge >= 0.3 is 0 Å². The van der Waals surface area contributed by atoms with E-state index in [9.17, 15) is 9.59 Å². The summed E-state index contributed by atoms with van der Waals surface area (Å²) in [7, 11) is 0. The molecule has 1 aliphatic rings. The third-order valence-corrected chi connectivity index (χ3v) is 5.36. The van der Waals surface area contributed by atoms with E-state index in [1.807, 2.05) is 36.4 Å². The summed E-state index contributed by atoms with van der Waals surface area (Å²) < 4.78 is 5.59. The number of anilines is 1. The molecule has 0 bridgehead atoms. The zero-order chi connectivity index (χ0) is 20.2. The zero-order valence-corrected chi connectivity index (χ0v) is 17.6. The molecule has 2 heterocycles. The molecule has 6 nitrogen and oxygen atoms in total. The topological polar surface area (TPSA) is 83.4 Å². The van der Waals surface area contributed by atoms with Crippen molar-refractivity contribution in [3.05, 3.63) is 65.9 Å². The molecule has 3 aromatic rings. The van der Waals surface area contributed by atoms with Crippen LogP contribution in [0.5, 0.6) is 0 Å². The maximum absolute atomic E-state index is 12.4. The van der Waals surface area contributed by atoms with Crippen LogP contribution in [0.15, 0.2) is 59.0 Å². The maximum Gasteiger partial charge on any atom is 0.291 e. The van der Waals surface area contributed by atoms with Gasteiger partial charge in [0.2, 0.25) is 5.91 Å². The van der Waals surface area contributed by atoms with Crippen molar-refractivity contribution in [3.8, 4) is 0 Å². The molecule has 30 heavy (non-hydrogen) atoms. The zero-order valence-electron chi connectivity index (χ0n) is 16.8. The number of furan rings is 1. The molecule has 2 unspecified atom stereocenters. The number of para-hydroxylation sites is 1. The third-order valence-electron chi connectivity index (χ3n) is 5.36. The van der Waals surface area contributed by atoms with Crippen LogP contribution in [0, 0.1) is 5.92 Å². The second-order valence-corrected chi connectivity index (χ2v) is 7.62. The molecule has 2 atom stereocenters. The van der Waals surface area contributed by atoms with Crippen molar-refractivity contribution in [3.63, 3.8) is 0 Å². The van der Waals surface area contributed by atoms with Crippen LogP contribution in [0.4, 0.5) is 5.69 Å². The minimum atomic E-state index is -0.299. The summed E-state index contributed by atoms with van der Waals surface area (Å²) in [6.45, 7) is 4.02. The summed E-state index contributed by atoms with van der Waals surface area (Å²) in [6.07, 6.45) is 1.29. The first-order chi connectivity index (χ1) is 14.1. The summed E-state index contributed by atoms with van der Waals surface area (Å²) in [5.41, 5.74) is 2.25. The van der Waals surface area contributed by atoms with Crippen molar-refractivity contribution in [2.45, 2.75) is 25.8 Å². The van der Waals surface area contributed by atoms with Gasteiger partial charge in [-0.3, -0.25) is 9.59 Å². The summed E-state index contributed by atoms with van der Waals surface area (Å²) in [5.74, 6) is 0.434. The average Bonchev–Trinajstić information content (AvgIpc) is 3.16. The largest absolute Gasteiger partial charge is 0.451 e. The van der Waals surface area contributed by atoms with Gasteiger partial charge in [0, 0.05) is 17.1 Å². The SMILES string of the molecule is CC1CNCCC1NC(=O)Cc1ccc(NC(=O)c2cc3ccccc3o2)cc1.Cl. The monoisotopic (exact) mass is 427 g/mol. The van der Waals surface area contributed by atoms with E-state index in [2.05, 4.69) is 22.9 Å². The van der Waals surface area contributed by atoms with Crippen molar-refractivity contribution in [1.29, 1.82) is 0 Å². The Kier molecular flexibility index (Phi) is 7.13. The maximum atomic E-state index is 12.4. The quantitative estimate of drug-likeness (QED) is 0.578. The lowest BCUT2D eigenvalue weighted by atomic mass is 9.95. The van der Waals surface area contributed by atoms with Crippen LogP contribution in [-0.4, -0.2) is 30.9 Å². The van der Waals surface area contributed by atoms with Gasteiger partial charge in [-0.1, -0.05) is 37.3 Å².